The normalized spacial score (nSPS) is 12.1. The minimum atomic E-state index is -3.75. The largest absolute Gasteiger partial charge is 0.384 e. The van der Waals surface area contributed by atoms with Crippen molar-refractivity contribution in [1.29, 1.82) is 5.41 Å². The average molecular weight is 451 g/mol. The van der Waals surface area contributed by atoms with Crippen molar-refractivity contribution in [3.8, 4) is 0 Å². The molecule has 32 heavy (non-hydrogen) atoms. The summed E-state index contributed by atoms with van der Waals surface area (Å²) < 4.78 is 28.1. The van der Waals surface area contributed by atoms with E-state index in [1.54, 1.807) is 48.5 Å². The van der Waals surface area contributed by atoms with E-state index >= 15 is 0 Å². The molecule has 1 amide bonds. The molecular weight excluding hydrogens is 424 g/mol. The van der Waals surface area contributed by atoms with E-state index in [1.165, 1.54) is 0 Å². The molecule has 0 bridgehead atoms. The predicted octanol–water partition coefficient (Wildman–Crippen LogP) is 2.32. The smallest absolute Gasteiger partial charge is 0.238 e. The number of hydrogen-bond donors (Lipinski definition) is 4. The third kappa shape index (κ3) is 7.04. The number of nitrogen functional groups attached to an aromatic ring is 1. The first-order valence-corrected chi connectivity index (χ1v) is 11.8. The fraction of sp³-hybridized carbons (Fsp3) is 0.167. The number of benzene rings is 3. The van der Waals surface area contributed by atoms with Crippen molar-refractivity contribution in [2.75, 3.05) is 0 Å². The van der Waals surface area contributed by atoms with Crippen molar-refractivity contribution in [2.45, 2.75) is 24.8 Å². The Bertz CT molecular complexity index is 1150. The first-order chi connectivity index (χ1) is 15.3. The Balaban J connectivity index is 1.71. The Hall–Kier alpha value is -3.49. The Labute approximate surface area is 188 Å². The summed E-state index contributed by atoms with van der Waals surface area (Å²) in [7, 11) is -3.75. The lowest BCUT2D eigenvalue weighted by Gasteiger charge is -2.19. The summed E-state index contributed by atoms with van der Waals surface area (Å²) in [5.41, 5.74) is 8.36. The highest BCUT2D eigenvalue weighted by Crippen LogP contribution is 2.09. The van der Waals surface area contributed by atoms with E-state index in [-0.39, 0.29) is 24.6 Å². The van der Waals surface area contributed by atoms with Gasteiger partial charge in [0.1, 0.15) is 11.9 Å². The highest BCUT2D eigenvalue weighted by Gasteiger charge is 2.25. The van der Waals surface area contributed by atoms with Gasteiger partial charge < -0.3 is 11.1 Å². The lowest BCUT2D eigenvalue weighted by atomic mass is 10.1. The van der Waals surface area contributed by atoms with Crippen LogP contribution in [0.25, 0.3) is 0 Å². The monoisotopic (exact) mass is 450 g/mol. The maximum absolute atomic E-state index is 12.9. The highest BCUT2D eigenvalue weighted by atomic mass is 32.2. The number of amidine groups is 1. The zero-order valence-electron chi connectivity index (χ0n) is 17.5. The lowest BCUT2D eigenvalue weighted by molar-refractivity contribution is -0.122. The minimum Gasteiger partial charge on any atom is -0.384 e. The molecule has 3 rings (SSSR count). The molecule has 3 aromatic rings. The molecule has 1 atom stereocenters. The molecule has 0 aliphatic rings. The van der Waals surface area contributed by atoms with Gasteiger partial charge in [-0.1, -0.05) is 84.9 Å². The van der Waals surface area contributed by atoms with Crippen LogP contribution in [-0.4, -0.2) is 26.2 Å². The molecule has 0 saturated heterocycles. The second-order valence-corrected chi connectivity index (χ2v) is 9.19. The predicted molar refractivity (Wildman–Crippen MR) is 125 cm³/mol. The third-order valence-corrected chi connectivity index (χ3v) is 6.21. The first-order valence-electron chi connectivity index (χ1n) is 10.1. The van der Waals surface area contributed by atoms with Crippen molar-refractivity contribution >= 4 is 21.8 Å². The van der Waals surface area contributed by atoms with Crippen molar-refractivity contribution in [3.05, 3.63) is 107 Å². The Morgan fingerprint density at radius 2 is 1.41 bits per heavy atom. The summed E-state index contributed by atoms with van der Waals surface area (Å²) in [5, 5.41) is 10.2. The van der Waals surface area contributed by atoms with Gasteiger partial charge in [0.25, 0.3) is 0 Å². The van der Waals surface area contributed by atoms with Crippen LogP contribution in [0.15, 0.2) is 84.9 Å². The Kier molecular flexibility index (Phi) is 7.75. The maximum Gasteiger partial charge on any atom is 0.238 e. The van der Waals surface area contributed by atoms with Gasteiger partial charge in [-0.3, -0.25) is 10.2 Å². The molecule has 7 nitrogen and oxygen atoms in total. The minimum absolute atomic E-state index is 0.0312. The number of nitrogens with one attached hydrogen (secondary N) is 3. The second kappa shape index (κ2) is 10.7. The molecule has 0 spiro atoms. The summed E-state index contributed by atoms with van der Waals surface area (Å²) in [6, 6.07) is 24.1. The fourth-order valence-electron chi connectivity index (χ4n) is 3.20. The van der Waals surface area contributed by atoms with Gasteiger partial charge in [-0.15, -0.1) is 0 Å². The summed E-state index contributed by atoms with van der Waals surface area (Å²) in [6.07, 6.45) is 0.226. The number of nitrogens with two attached hydrogens (primary N) is 1. The molecule has 3 aromatic carbocycles. The summed E-state index contributed by atoms with van der Waals surface area (Å²) in [5.74, 6) is -0.656. The van der Waals surface area contributed by atoms with Crippen molar-refractivity contribution < 1.29 is 13.2 Å². The van der Waals surface area contributed by atoms with Crippen LogP contribution in [0.5, 0.6) is 0 Å². The van der Waals surface area contributed by atoms with E-state index < -0.39 is 22.0 Å². The van der Waals surface area contributed by atoms with E-state index in [1.807, 2.05) is 36.4 Å². The van der Waals surface area contributed by atoms with Crippen LogP contribution in [0.1, 0.15) is 22.3 Å². The van der Waals surface area contributed by atoms with Gasteiger partial charge in [-0.2, -0.15) is 0 Å². The average Bonchev–Trinajstić information content (AvgIpc) is 2.78. The quantitative estimate of drug-likeness (QED) is 0.279. The van der Waals surface area contributed by atoms with Crippen LogP contribution in [0.3, 0.4) is 0 Å². The molecule has 166 valence electrons. The van der Waals surface area contributed by atoms with Crippen molar-refractivity contribution in [1.82, 2.24) is 10.0 Å². The van der Waals surface area contributed by atoms with Gasteiger partial charge in [-0.05, 0) is 23.1 Å². The van der Waals surface area contributed by atoms with E-state index in [9.17, 15) is 13.2 Å². The number of amides is 1. The second-order valence-electron chi connectivity index (χ2n) is 7.43. The first kappa shape index (κ1) is 23.2. The number of rotatable bonds is 10. The SMILES string of the molecule is N=C(N)c1ccc(CNC(=O)C(Cc2ccccc2)NS(=O)(=O)Cc2ccccc2)cc1. The molecule has 0 aliphatic carbocycles. The van der Waals surface area contributed by atoms with Crippen LogP contribution in [0.2, 0.25) is 0 Å². The van der Waals surface area contributed by atoms with Gasteiger partial charge in [0.05, 0.1) is 5.75 Å². The van der Waals surface area contributed by atoms with Crippen LogP contribution in [-0.2, 0) is 33.5 Å². The van der Waals surface area contributed by atoms with Crippen LogP contribution < -0.4 is 15.8 Å². The molecule has 0 aromatic heterocycles. The third-order valence-electron chi connectivity index (χ3n) is 4.85. The van der Waals surface area contributed by atoms with E-state index in [2.05, 4.69) is 10.0 Å². The number of carbonyl (C=O) groups is 1. The molecule has 0 saturated carbocycles. The number of hydrogen-bond acceptors (Lipinski definition) is 4. The fourth-order valence-corrected chi connectivity index (χ4v) is 4.54. The van der Waals surface area contributed by atoms with Gasteiger partial charge in [0.15, 0.2) is 0 Å². The molecule has 0 aliphatic heterocycles. The van der Waals surface area contributed by atoms with Gasteiger partial charge in [0, 0.05) is 12.1 Å². The molecule has 0 radical (unpaired) electrons. The molecule has 5 N–H and O–H groups in total. The maximum atomic E-state index is 12.9. The molecular formula is C24H26N4O3S. The van der Waals surface area contributed by atoms with Gasteiger partial charge >= 0.3 is 0 Å². The number of carbonyl (C=O) groups excluding carboxylic acids is 1. The zero-order chi connectivity index (χ0) is 23.0. The van der Waals surface area contributed by atoms with Crippen LogP contribution in [0, 0.1) is 5.41 Å². The Morgan fingerprint density at radius 3 is 1.97 bits per heavy atom. The van der Waals surface area contributed by atoms with Gasteiger partial charge in [-0.25, -0.2) is 13.1 Å². The molecule has 8 heteroatoms. The lowest BCUT2D eigenvalue weighted by Crippen LogP contribution is -2.48. The van der Waals surface area contributed by atoms with Crippen molar-refractivity contribution in [2.24, 2.45) is 5.73 Å². The van der Waals surface area contributed by atoms with Gasteiger partial charge in [0.2, 0.25) is 15.9 Å². The van der Waals surface area contributed by atoms with Crippen LogP contribution in [0.4, 0.5) is 0 Å². The summed E-state index contributed by atoms with van der Waals surface area (Å²) >= 11 is 0. The van der Waals surface area contributed by atoms with Crippen LogP contribution >= 0.6 is 0 Å². The van der Waals surface area contributed by atoms with E-state index in [0.29, 0.717) is 11.1 Å². The summed E-state index contributed by atoms with van der Waals surface area (Å²) in [6.45, 7) is 0.225. The standard InChI is InChI=1S/C24H26N4O3S/c25-23(26)21-13-11-19(12-14-21)16-27-24(29)22(15-18-7-3-1-4-8-18)28-32(30,31)17-20-9-5-2-6-10-20/h1-14,22,28H,15-17H2,(H3,25,26)(H,27,29). The molecule has 0 heterocycles. The summed E-state index contributed by atoms with van der Waals surface area (Å²) in [4.78, 5) is 12.9. The molecule has 1 unspecified atom stereocenters. The topological polar surface area (TPSA) is 125 Å². The number of sulfonamides is 1. The van der Waals surface area contributed by atoms with Crippen molar-refractivity contribution in [3.63, 3.8) is 0 Å². The molecule has 0 fully saturated rings. The van der Waals surface area contributed by atoms with E-state index in [0.717, 1.165) is 11.1 Å². The zero-order valence-corrected chi connectivity index (χ0v) is 18.3. The highest BCUT2D eigenvalue weighted by molar-refractivity contribution is 7.88. The Morgan fingerprint density at radius 1 is 0.844 bits per heavy atom. The van der Waals surface area contributed by atoms with E-state index in [4.69, 9.17) is 11.1 Å².